The van der Waals surface area contributed by atoms with Gasteiger partial charge in [0.25, 0.3) is 11.6 Å². The number of nitro benzene ring substituents is 1. The molecule has 3 rings (SSSR count). The second-order valence-electron chi connectivity index (χ2n) is 5.22. The van der Waals surface area contributed by atoms with Crippen molar-refractivity contribution >= 4 is 57.6 Å². The van der Waals surface area contributed by atoms with Gasteiger partial charge in [0.2, 0.25) is 0 Å². The monoisotopic (exact) mass is 386 g/mol. The number of anilines is 1. The van der Waals surface area contributed by atoms with Crippen LogP contribution in [0.5, 0.6) is 0 Å². The van der Waals surface area contributed by atoms with E-state index in [1.54, 1.807) is 18.2 Å². The molecule has 1 heterocycles. The minimum atomic E-state index is -1.03. The summed E-state index contributed by atoms with van der Waals surface area (Å²) in [6.45, 7) is 0. The predicted molar refractivity (Wildman–Crippen MR) is 102 cm³/mol. The molecule has 0 aliphatic carbocycles. The highest BCUT2D eigenvalue weighted by Gasteiger charge is 2.33. The first kappa shape index (κ1) is 17.8. The van der Waals surface area contributed by atoms with Crippen LogP contribution in [0, 0.1) is 10.1 Å². The highest BCUT2D eigenvalue weighted by atomic mass is 32.2. The first-order valence-electron chi connectivity index (χ1n) is 7.22. The van der Waals surface area contributed by atoms with E-state index in [0.717, 1.165) is 11.8 Å². The van der Waals surface area contributed by atoms with Crippen LogP contribution in [0.2, 0.25) is 0 Å². The molecule has 7 nitrogen and oxygen atoms in total. The number of nitro groups is 1. The van der Waals surface area contributed by atoms with E-state index in [2.05, 4.69) is 0 Å². The van der Waals surface area contributed by atoms with Crippen molar-refractivity contribution in [1.82, 2.24) is 0 Å². The molecule has 0 radical (unpaired) electrons. The average molecular weight is 386 g/mol. The number of thioether (sulfide) groups is 1. The zero-order chi connectivity index (χ0) is 18.8. The van der Waals surface area contributed by atoms with Gasteiger partial charge >= 0.3 is 5.97 Å². The molecule has 26 heavy (non-hydrogen) atoms. The van der Waals surface area contributed by atoms with Crippen LogP contribution in [0.15, 0.2) is 53.4 Å². The number of non-ortho nitro benzene ring substituents is 1. The largest absolute Gasteiger partial charge is 0.478 e. The number of carbonyl (C=O) groups is 2. The molecule has 0 atom stereocenters. The van der Waals surface area contributed by atoms with Gasteiger partial charge in [0.1, 0.15) is 0 Å². The Bertz CT molecular complexity index is 952. The van der Waals surface area contributed by atoms with Gasteiger partial charge < -0.3 is 5.11 Å². The Morgan fingerprint density at radius 2 is 1.77 bits per heavy atom. The molecule has 130 valence electrons. The lowest BCUT2D eigenvalue weighted by molar-refractivity contribution is -0.384. The highest BCUT2D eigenvalue weighted by molar-refractivity contribution is 8.27. The predicted octanol–water partition coefficient (Wildman–Crippen LogP) is 3.70. The van der Waals surface area contributed by atoms with Crippen molar-refractivity contribution in [3.8, 4) is 0 Å². The van der Waals surface area contributed by atoms with Crippen LogP contribution in [0.3, 0.4) is 0 Å². The number of aromatic carboxylic acids is 1. The molecular formula is C17H10N2O5S2. The fourth-order valence-electron chi connectivity index (χ4n) is 2.29. The van der Waals surface area contributed by atoms with Gasteiger partial charge in [-0.1, -0.05) is 36.1 Å². The molecule has 2 aromatic rings. The van der Waals surface area contributed by atoms with Gasteiger partial charge in [-0.3, -0.25) is 19.8 Å². The molecule has 1 aliphatic heterocycles. The van der Waals surface area contributed by atoms with E-state index in [1.165, 1.54) is 41.3 Å². The second-order valence-corrected chi connectivity index (χ2v) is 6.89. The molecule has 0 spiro atoms. The van der Waals surface area contributed by atoms with Gasteiger partial charge in [-0.15, -0.1) is 0 Å². The second kappa shape index (κ2) is 7.06. The Labute approximate surface area is 157 Å². The van der Waals surface area contributed by atoms with E-state index in [-0.39, 0.29) is 17.2 Å². The molecule has 9 heteroatoms. The lowest BCUT2D eigenvalue weighted by Crippen LogP contribution is -2.27. The summed E-state index contributed by atoms with van der Waals surface area (Å²) in [4.78, 5) is 35.4. The number of thiocarbonyl (C=S) groups is 1. The molecule has 1 amide bonds. The number of hydrogen-bond donors (Lipinski definition) is 1. The number of rotatable bonds is 4. The van der Waals surface area contributed by atoms with Crippen LogP contribution < -0.4 is 4.90 Å². The Morgan fingerprint density at radius 3 is 2.31 bits per heavy atom. The summed E-state index contributed by atoms with van der Waals surface area (Å²) in [7, 11) is 0. The number of nitrogens with zero attached hydrogens (tertiary/aromatic N) is 2. The van der Waals surface area contributed by atoms with Gasteiger partial charge in [0, 0.05) is 12.1 Å². The number of carbonyl (C=O) groups excluding carboxylic acids is 1. The number of hydrogen-bond acceptors (Lipinski definition) is 6. The summed E-state index contributed by atoms with van der Waals surface area (Å²) in [5.74, 6) is -1.36. The first-order valence-corrected chi connectivity index (χ1v) is 8.45. The third kappa shape index (κ3) is 3.48. The third-order valence-corrected chi connectivity index (χ3v) is 4.87. The maximum Gasteiger partial charge on any atom is 0.335 e. The molecule has 1 aliphatic rings. The number of carboxylic acids is 1. The van der Waals surface area contributed by atoms with E-state index >= 15 is 0 Å². The summed E-state index contributed by atoms with van der Waals surface area (Å²) < 4.78 is 0.317. The summed E-state index contributed by atoms with van der Waals surface area (Å²) in [6.07, 6.45) is 1.62. The molecule has 1 N–H and O–H groups in total. The van der Waals surface area contributed by atoms with E-state index in [4.69, 9.17) is 17.3 Å². The molecule has 0 aromatic heterocycles. The summed E-state index contributed by atoms with van der Waals surface area (Å²) in [6, 6.07) is 11.6. The minimum absolute atomic E-state index is 0.0757. The van der Waals surface area contributed by atoms with Gasteiger partial charge in [0.05, 0.1) is 21.1 Å². The zero-order valence-electron chi connectivity index (χ0n) is 13.0. The summed E-state index contributed by atoms with van der Waals surface area (Å²) >= 11 is 6.36. The van der Waals surface area contributed by atoms with Crippen LogP contribution in [0.1, 0.15) is 15.9 Å². The molecular weight excluding hydrogens is 376 g/mol. The molecule has 1 fully saturated rings. The normalized spacial score (nSPS) is 15.5. The molecule has 1 saturated heterocycles. The van der Waals surface area contributed by atoms with E-state index in [0.29, 0.717) is 20.5 Å². The fraction of sp³-hybridized carbons (Fsp3) is 0. The topological polar surface area (TPSA) is 101 Å². The Morgan fingerprint density at radius 1 is 1.15 bits per heavy atom. The van der Waals surface area contributed by atoms with Crippen LogP contribution in [-0.4, -0.2) is 26.2 Å². The maximum atomic E-state index is 12.6. The Kier molecular flexibility index (Phi) is 4.83. The zero-order valence-corrected chi connectivity index (χ0v) is 14.6. The Balaban J connectivity index is 1.86. The van der Waals surface area contributed by atoms with Gasteiger partial charge in [-0.2, -0.15) is 0 Å². The fourth-order valence-corrected chi connectivity index (χ4v) is 3.59. The van der Waals surface area contributed by atoms with Crippen molar-refractivity contribution in [1.29, 1.82) is 0 Å². The molecule has 2 aromatic carbocycles. The summed E-state index contributed by atoms with van der Waals surface area (Å²) in [5, 5.41) is 19.6. The third-order valence-electron chi connectivity index (χ3n) is 3.57. The van der Waals surface area contributed by atoms with Crippen molar-refractivity contribution < 1.29 is 19.6 Å². The first-order chi connectivity index (χ1) is 12.4. The lowest BCUT2D eigenvalue weighted by atomic mass is 10.1. The van der Waals surface area contributed by atoms with Gasteiger partial charge in [-0.05, 0) is 35.9 Å². The minimum Gasteiger partial charge on any atom is -0.478 e. The van der Waals surface area contributed by atoms with Crippen LogP contribution in [-0.2, 0) is 4.79 Å². The van der Waals surface area contributed by atoms with E-state index < -0.39 is 10.9 Å². The number of benzene rings is 2. The van der Waals surface area contributed by atoms with Crippen molar-refractivity contribution in [2.24, 2.45) is 0 Å². The maximum absolute atomic E-state index is 12.6. The standard InChI is InChI=1S/C17H10N2O5S2/c20-15-14(9-10-1-3-11(4-2-10)16(21)22)26-17(25)18(15)12-5-7-13(8-6-12)19(23)24/h1-9H,(H,21,22)/b14-9+. The number of carboxylic acid groups (broad SMARTS) is 1. The smallest absolute Gasteiger partial charge is 0.335 e. The Hall–Kier alpha value is -3.04. The molecule has 0 saturated carbocycles. The van der Waals surface area contributed by atoms with E-state index in [9.17, 15) is 19.7 Å². The average Bonchev–Trinajstić information content (AvgIpc) is 2.89. The van der Waals surface area contributed by atoms with Crippen LogP contribution >= 0.6 is 24.0 Å². The molecule has 0 bridgehead atoms. The highest BCUT2D eigenvalue weighted by Crippen LogP contribution is 2.36. The lowest BCUT2D eigenvalue weighted by Gasteiger charge is -2.13. The SMILES string of the molecule is O=C(O)c1ccc(/C=C2/SC(=S)N(c3ccc([N+](=O)[O-])cc3)C2=O)cc1. The quantitative estimate of drug-likeness (QED) is 0.370. The van der Waals surface area contributed by atoms with Crippen molar-refractivity contribution in [2.75, 3.05) is 4.90 Å². The van der Waals surface area contributed by atoms with Crippen molar-refractivity contribution in [2.45, 2.75) is 0 Å². The number of amides is 1. The molecule has 0 unspecified atom stereocenters. The van der Waals surface area contributed by atoms with E-state index in [1.807, 2.05) is 0 Å². The summed E-state index contributed by atoms with van der Waals surface area (Å²) in [5.41, 5.74) is 1.19. The van der Waals surface area contributed by atoms with Crippen molar-refractivity contribution in [3.63, 3.8) is 0 Å². The van der Waals surface area contributed by atoms with Gasteiger partial charge in [0.15, 0.2) is 4.32 Å². The van der Waals surface area contributed by atoms with Crippen LogP contribution in [0.25, 0.3) is 6.08 Å². The van der Waals surface area contributed by atoms with Crippen LogP contribution in [0.4, 0.5) is 11.4 Å². The van der Waals surface area contributed by atoms with Gasteiger partial charge in [-0.25, -0.2) is 4.79 Å². The van der Waals surface area contributed by atoms with Crippen molar-refractivity contribution in [3.05, 3.63) is 74.7 Å².